The summed E-state index contributed by atoms with van der Waals surface area (Å²) in [6.07, 6.45) is 2.90. The molecule has 2 aromatic rings. The minimum absolute atomic E-state index is 0.115. The van der Waals surface area contributed by atoms with Crippen LogP contribution in [0.4, 0.5) is 11.4 Å². The van der Waals surface area contributed by atoms with E-state index in [-0.39, 0.29) is 52.3 Å². The highest BCUT2D eigenvalue weighted by Crippen LogP contribution is 2.56. The normalized spacial score (nSPS) is 25.3. The van der Waals surface area contributed by atoms with Crippen molar-refractivity contribution in [3.63, 3.8) is 0 Å². The van der Waals surface area contributed by atoms with Gasteiger partial charge < -0.3 is 4.74 Å². The van der Waals surface area contributed by atoms with Gasteiger partial charge in [0.05, 0.1) is 28.0 Å². The van der Waals surface area contributed by atoms with Crippen molar-refractivity contribution in [2.24, 2.45) is 23.7 Å². The van der Waals surface area contributed by atoms with E-state index in [4.69, 9.17) is 4.74 Å². The van der Waals surface area contributed by atoms with Crippen molar-refractivity contribution in [2.75, 3.05) is 11.5 Å². The largest absolute Gasteiger partial charge is 0.454 e. The zero-order chi connectivity index (χ0) is 23.3. The van der Waals surface area contributed by atoms with E-state index >= 15 is 0 Å². The van der Waals surface area contributed by atoms with Gasteiger partial charge in [0.25, 0.3) is 5.69 Å². The van der Waals surface area contributed by atoms with Crippen LogP contribution in [0.1, 0.15) is 40.0 Å². The number of anilines is 1. The first-order chi connectivity index (χ1) is 15.8. The van der Waals surface area contributed by atoms with Crippen LogP contribution in [0.25, 0.3) is 0 Å². The molecular weight excluding hydrogens is 428 g/mol. The van der Waals surface area contributed by atoms with E-state index in [9.17, 15) is 29.3 Å². The molecule has 3 fully saturated rings. The second-order valence-electron chi connectivity index (χ2n) is 8.75. The number of nitro groups is 1. The van der Waals surface area contributed by atoms with Crippen LogP contribution in [0.15, 0.2) is 48.5 Å². The van der Waals surface area contributed by atoms with E-state index < -0.39 is 23.3 Å². The Morgan fingerprint density at radius 2 is 1.61 bits per heavy atom. The molecule has 2 saturated carbocycles. The van der Waals surface area contributed by atoms with Gasteiger partial charge in [-0.3, -0.25) is 29.4 Å². The van der Waals surface area contributed by atoms with Crippen LogP contribution in [-0.4, -0.2) is 35.1 Å². The minimum atomic E-state index is -0.772. The molecular formula is C24H20N2O7. The predicted molar refractivity (Wildman–Crippen MR) is 114 cm³/mol. The van der Waals surface area contributed by atoms with Crippen LogP contribution >= 0.6 is 0 Å². The summed E-state index contributed by atoms with van der Waals surface area (Å²) in [7, 11) is 0. The van der Waals surface area contributed by atoms with Crippen LogP contribution in [0.2, 0.25) is 0 Å². The number of amides is 2. The van der Waals surface area contributed by atoms with Crippen LogP contribution in [-0.2, 0) is 14.3 Å². The number of hydrogen-bond donors (Lipinski definition) is 0. The lowest BCUT2D eigenvalue weighted by molar-refractivity contribution is -0.384. The Morgan fingerprint density at radius 1 is 0.970 bits per heavy atom. The fourth-order valence-corrected chi connectivity index (χ4v) is 5.50. The maximum atomic E-state index is 13.0. The van der Waals surface area contributed by atoms with E-state index in [0.717, 1.165) is 19.3 Å². The lowest BCUT2D eigenvalue weighted by atomic mass is 9.81. The Bertz CT molecular complexity index is 1160. The number of nitrogens with zero attached hydrogens (tertiary/aromatic N) is 2. The number of nitro benzene ring substituents is 1. The Balaban J connectivity index is 1.27. The quantitative estimate of drug-likeness (QED) is 0.219. The molecule has 2 aliphatic carbocycles. The molecule has 0 N–H and O–H groups in total. The van der Waals surface area contributed by atoms with Gasteiger partial charge in [0.15, 0.2) is 12.4 Å². The Morgan fingerprint density at radius 3 is 2.21 bits per heavy atom. The average Bonchev–Trinajstić information content (AvgIpc) is 3.51. The highest BCUT2D eigenvalue weighted by Gasteiger charge is 2.61. The molecule has 9 nitrogen and oxygen atoms in total. The molecule has 33 heavy (non-hydrogen) atoms. The Hall–Kier alpha value is -3.88. The zero-order valence-electron chi connectivity index (χ0n) is 17.5. The van der Waals surface area contributed by atoms with Gasteiger partial charge in [-0.15, -0.1) is 0 Å². The number of esters is 1. The molecule has 0 aromatic heterocycles. The van der Waals surface area contributed by atoms with Crippen LogP contribution in [0.3, 0.4) is 0 Å². The molecule has 2 bridgehead atoms. The standard InChI is InChI=1S/C24H20N2O7/c27-19(13-6-8-17(9-7-13)26(31)32)12-33-24(30)16-2-1-3-18(11-16)25-22(28)20-14-4-5-15(10-14)21(20)23(25)29/h1-3,6-9,11,14-15,20-21H,4-5,10,12H2/t14-,15+,20-,21+. The number of ketones is 1. The van der Waals surface area contributed by atoms with Gasteiger partial charge in [-0.25, -0.2) is 4.79 Å². The van der Waals surface area contributed by atoms with E-state index in [2.05, 4.69) is 0 Å². The molecule has 3 aliphatic rings. The first-order valence-electron chi connectivity index (χ1n) is 10.8. The van der Waals surface area contributed by atoms with Gasteiger partial charge in [-0.1, -0.05) is 6.07 Å². The van der Waals surface area contributed by atoms with E-state index in [0.29, 0.717) is 5.69 Å². The predicted octanol–water partition coefficient (Wildman–Crippen LogP) is 3.17. The number of hydrogen-bond acceptors (Lipinski definition) is 7. The molecule has 4 atom stereocenters. The second kappa shape index (κ2) is 7.91. The highest BCUT2D eigenvalue weighted by molar-refractivity contribution is 6.22. The summed E-state index contributed by atoms with van der Waals surface area (Å²) in [6.45, 7) is -0.546. The van der Waals surface area contributed by atoms with Crippen molar-refractivity contribution in [1.29, 1.82) is 0 Å². The van der Waals surface area contributed by atoms with E-state index in [1.54, 1.807) is 12.1 Å². The summed E-state index contributed by atoms with van der Waals surface area (Å²) >= 11 is 0. The lowest BCUT2D eigenvalue weighted by Crippen LogP contribution is -2.32. The van der Waals surface area contributed by atoms with Crippen molar-refractivity contribution in [3.8, 4) is 0 Å². The number of carbonyl (C=O) groups excluding carboxylic acids is 4. The smallest absolute Gasteiger partial charge is 0.338 e. The molecule has 2 aromatic carbocycles. The molecule has 0 unspecified atom stereocenters. The highest BCUT2D eigenvalue weighted by atomic mass is 16.6. The van der Waals surface area contributed by atoms with Crippen molar-refractivity contribution in [1.82, 2.24) is 0 Å². The molecule has 2 amide bonds. The monoisotopic (exact) mass is 448 g/mol. The van der Waals surface area contributed by atoms with Crippen LogP contribution in [0.5, 0.6) is 0 Å². The Kier molecular flexibility index (Phi) is 5.03. The molecule has 0 spiro atoms. The maximum Gasteiger partial charge on any atom is 0.338 e. The Labute approximate surface area is 188 Å². The average molecular weight is 448 g/mol. The molecule has 1 aliphatic heterocycles. The van der Waals surface area contributed by atoms with Gasteiger partial charge in [0.2, 0.25) is 11.8 Å². The number of ether oxygens (including phenoxy) is 1. The van der Waals surface area contributed by atoms with Crippen molar-refractivity contribution in [2.45, 2.75) is 19.3 Å². The van der Waals surface area contributed by atoms with Crippen LogP contribution in [0, 0.1) is 33.8 Å². The van der Waals surface area contributed by atoms with Crippen molar-refractivity contribution in [3.05, 3.63) is 69.8 Å². The fourth-order valence-electron chi connectivity index (χ4n) is 5.50. The zero-order valence-corrected chi connectivity index (χ0v) is 17.5. The van der Waals surface area contributed by atoms with Gasteiger partial charge in [-0.05, 0) is 61.4 Å². The summed E-state index contributed by atoms with van der Waals surface area (Å²) in [5, 5.41) is 10.7. The first kappa shape index (κ1) is 21.0. The summed E-state index contributed by atoms with van der Waals surface area (Å²) in [5.74, 6) is -1.67. The maximum absolute atomic E-state index is 13.0. The minimum Gasteiger partial charge on any atom is -0.454 e. The van der Waals surface area contributed by atoms with E-state index in [1.807, 2.05) is 0 Å². The lowest BCUT2D eigenvalue weighted by Gasteiger charge is -2.19. The van der Waals surface area contributed by atoms with Crippen LogP contribution < -0.4 is 4.90 Å². The van der Waals surface area contributed by atoms with Gasteiger partial charge >= 0.3 is 5.97 Å². The summed E-state index contributed by atoms with van der Waals surface area (Å²) in [6, 6.07) is 11.1. The molecule has 0 radical (unpaired) electrons. The third kappa shape index (κ3) is 3.49. The summed E-state index contributed by atoms with van der Waals surface area (Å²) in [4.78, 5) is 62.1. The number of fused-ring (bicyclic) bond motifs is 5. The van der Waals surface area contributed by atoms with Crippen molar-refractivity contribution >= 4 is 34.9 Å². The van der Waals surface area contributed by atoms with Gasteiger partial charge in [0, 0.05) is 17.7 Å². The first-order valence-corrected chi connectivity index (χ1v) is 10.8. The fraction of sp³-hybridized carbons (Fsp3) is 0.333. The third-order valence-corrected chi connectivity index (χ3v) is 7.00. The summed E-state index contributed by atoms with van der Waals surface area (Å²) in [5.41, 5.74) is 0.472. The molecule has 9 heteroatoms. The topological polar surface area (TPSA) is 124 Å². The van der Waals surface area contributed by atoms with Gasteiger partial charge in [0.1, 0.15) is 0 Å². The van der Waals surface area contributed by atoms with Gasteiger partial charge in [-0.2, -0.15) is 0 Å². The molecule has 1 heterocycles. The molecule has 1 saturated heterocycles. The number of imide groups is 1. The number of rotatable bonds is 6. The second-order valence-corrected chi connectivity index (χ2v) is 8.75. The SMILES string of the molecule is O=C(COC(=O)c1cccc(N2C(=O)[C@@H]3[C@@H]4CC[C@@H](C4)[C@@H]3C2=O)c1)c1ccc([N+](=O)[O-])cc1. The number of carbonyl (C=O) groups is 4. The number of Topliss-reactive ketones (excluding diaryl/α,β-unsaturated/α-hetero) is 1. The van der Waals surface area contributed by atoms with E-state index in [1.165, 1.54) is 41.3 Å². The van der Waals surface area contributed by atoms with Crippen molar-refractivity contribution < 1.29 is 28.8 Å². The molecule has 168 valence electrons. The summed E-state index contributed by atoms with van der Waals surface area (Å²) < 4.78 is 5.10. The number of benzene rings is 2. The molecule has 5 rings (SSSR count). The third-order valence-electron chi connectivity index (χ3n) is 7.00. The number of non-ortho nitro benzene ring substituents is 1.